The maximum absolute atomic E-state index is 12.0. The van der Waals surface area contributed by atoms with Crippen LogP contribution in [-0.2, 0) is 11.3 Å². The standard InChI is InChI=1S/C12H21N5O3/c1-7(2)9(5-11(18)19)14-12(20)17(4)6-10-13-8(3)15-16-10/h7,9H,5-6H2,1-4H3,(H,14,20)(H,18,19)(H,13,15,16). The first-order valence-electron chi connectivity index (χ1n) is 6.41. The van der Waals surface area contributed by atoms with Gasteiger partial charge in [-0.2, -0.15) is 5.10 Å². The minimum absolute atomic E-state index is 0.0363. The van der Waals surface area contributed by atoms with Crippen molar-refractivity contribution < 1.29 is 14.7 Å². The Morgan fingerprint density at radius 1 is 1.45 bits per heavy atom. The third-order valence-electron chi connectivity index (χ3n) is 2.88. The van der Waals surface area contributed by atoms with E-state index in [-0.39, 0.29) is 24.9 Å². The maximum Gasteiger partial charge on any atom is 0.317 e. The van der Waals surface area contributed by atoms with Gasteiger partial charge in [0.25, 0.3) is 0 Å². The summed E-state index contributed by atoms with van der Waals surface area (Å²) < 4.78 is 0. The van der Waals surface area contributed by atoms with Crippen LogP contribution in [0.4, 0.5) is 4.79 Å². The van der Waals surface area contributed by atoms with Gasteiger partial charge in [-0.25, -0.2) is 9.78 Å². The lowest BCUT2D eigenvalue weighted by molar-refractivity contribution is -0.137. The van der Waals surface area contributed by atoms with Crippen molar-refractivity contribution in [2.24, 2.45) is 5.92 Å². The van der Waals surface area contributed by atoms with Crippen molar-refractivity contribution in [1.29, 1.82) is 0 Å². The number of aromatic nitrogens is 3. The number of carboxylic acid groups (broad SMARTS) is 1. The third-order valence-corrected chi connectivity index (χ3v) is 2.88. The topological polar surface area (TPSA) is 111 Å². The summed E-state index contributed by atoms with van der Waals surface area (Å²) in [5, 5.41) is 18.2. The molecule has 0 saturated carbocycles. The van der Waals surface area contributed by atoms with E-state index in [1.807, 2.05) is 13.8 Å². The van der Waals surface area contributed by atoms with Gasteiger partial charge in [-0.15, -0.1) is 0 Å². The molecule has 1 rings (SSSR count). The number of aliphatic carboxylic acids is 1. The Morgan fingerprint density at radius 3 is 2.55 bits per heavy atom. The molecule has 0 saturated heterocycles. The summed E-state index contributed by atoms with van der Waals surface area (Å²) >= 11 is 0. The third kappa shape index (κ3) is 4.87. The van der Waals surface area contributed by atoms with Gasteiger partial charge in [-0.05, 0) is 12.8 Å². The van der Waals surface area contributed by atoms with Crippen LogP contribution in [0.15, 0.2) is 0 Å². The Morgan fingerprint density at radius 2 is 2.10 bits per heavy atom. The number of rotatable bonds is 6. The number of H-pyrrole nitrogens is 1. The Balaban J connectivity index is 2.57. The van der Waals surface area contributed by atoms with Crippen LogP contribution < -0.4 is 5.32 Å². The van der Waals surface area contributed by atoms with E-state index in [1.54, 1.807) is 14.0 Å². The van der Waals surface area contributed by atoms with Crippen LogP contribution in [0.5, 0.6) is 0 Å². The highest BCUT2D eigenvalue weighted by Crippen LogP contribution is 2.07. The first-order valence-corrected chi connectivity index (χ1v) is 6.41. The van der Waals surface area contributed by atoms with E-state index in [4.69, 9.17) is 5.11 Å². The van der Waals surface area contributed by atoms with Crippen LogP contribution in [0, 0.1) is 12.8 Å². The lowest BCUT2D eigenvalue weighted by Crippen LogP contribution is -2.46. The van der Waals surface area contributed by atoms with E-state index in [1.165, 1.54) is 4.90 Å². The van der Waals surface area contributed by atoms with Crippen LogP contribution in [0.3, 0.4) is 0 Å². The summed E-state index contributed by atoms with van der Waals surface area (Å²) in [5.41, 5.74) is 0. The van der Waals surface area contributed by atoms with E-state index >= 15 is 0 Å². The number of urea groups is 1. The highest BCUT2D eigenvalue weighted by atomic mass is 16.4. The molecule has 1 aromatic heterocycles. The van der Waals surface area contributed by atoms with E-state index < -0.39 is 12.0 Å². The number of aryl methyl sites for hydroxylation is 1. The lowest BCUT2D eigenvalue weighted by atomic mass is 10.0. The number of carbonyl (C=O) groups excluding carboxylic acids is 1. The Bertz CT molecular complexity index is 471. The van der Waals surface area contributed by atoms with Crippen molar-refractivity contribution in [2.75, 3.05) is 7.05 Å². The fourth-order valence-corrected chi connectivity index (χ4v) is 1.65. The van der Waals surface area contributed by atoms with Crippen molar-refractivity contribution in [2.45, 2.75) is 39.8 Å². The van der Waals surface area contributed by atoms with Gasteiger partial charge in [-0.3, -0.25) is 9.89 Å². The van der Waals surface area contributed by atoms with Gasteiger partial charge in [0, 0.05) is 13.1 Å². The molecule has 0 aliphatic heterocycles. The molecule has 112 valence electrons. The largest absolute Gasteiger partial charge is 0.481 e. The van der Waals surface area contributed by atoms with Crippen molar-refractivity contribution in [1.82, 2.24) is 25.4 Å². The number of carbonyl (C=O) groups is 2. The smallest absolute Gasteiger partial charge is 0.317 e. The predicted molar refractivity (Wildman–Crippen MR) is 72.0 cm³/mol. The normalized spacial score (nSPS) is 12.2. The highest BCUT2D eigenvalue weighted by Gasteiger charge is 2.21. The molecular formula is C12H21N5O3. The second kappa shape index (κ2) is 6.88. The number of nitrogens with zero attached hydrogens (tertiary/aromatic N) is 3. The molecule has 20 heavy (non-hydrogen) atoms. The number of hydrogen-bond donors (Lipinski definition) is 3. The maximum atomic E-state index is 12.0. The Labute approximate surface area is 117 Å². The fourth-order valence-electron chi connectivity index (χ4n) is 1.65. The summed E-state index contributed by atoms with van der Waals surface area (Å²) in [4.78, 5) is 28.3. The molecule has 8 heteroatoms. The van der Waals surface area contributed by atoms with Crippen molar-refractivity contribution >= 4 is 12.0 Å². The molecule has 2 amide bonds. The van der Waals surface area contributed by atoms with Crippen LogP contribution >= 0.6 is 0 Å². The number of nitrogens with one attached hydrogen (secondary N) is 2. The van der Waals surface area contributed by atoms with Gasteiger partial charge in [0.05, 0.1) is 13.0 Å². The van der Waals surface area contributed by atoms with Crippen LogP contribution in [0.25, 0.3) is 0 Å². The molecule has 0 spiro atoms. The van der Waals surface area contributed by atoms with Gasteiger partial charge in [0.2, 0.25) is 0 Å². The Kier molecular flexibility index (Phi) is 5.48. The summed E-state index contributed by atoms with van der Waals surface area (Å²) in [6.07, 6.45) is -0.100. The second-order valence-electron chi connectivity index (χ2n) is 5.09. The number of carboxylic acids is 1. The Hall–Kier alpha value is -2.12. The fraction of sp³-hybridized carbons (Fsp3) is 0.667. The lowest BCUT2D eigenvalue weighted by Gasteiger charge is -2.24. The summed E-state index contributed by atoms with van der Waals surface area (Å²) in [6, 6.07) is -0.747. The minimum atomic E-state index is -0.934. The molecule has 1 aromatic rings. The molecule has 0 radical (unpaired) electrons. The molecule has 1 atom stereocenters. The van der Waals surface area contributed by atoms with Gasteiger partial charge in [0.15, 0.2) is 5.82 Å². The van der Waals surface area contributed by atoms with E-state index in [9.17, 15) is 9.59 Å². The van der Waals surface area contributed by atoms with E-state index in [2.05, 4.69) is 20.5 Å². The molecule has 8 nitrogen and oxygen atoms in total. The van der Waals surface area contributed by atoms with Crippen molar-refractivity contribution in [3.05, 3.63) is 11.6 Å². The summed E-state index contributed by atoms with van der Waals surface area (Å²) in [7, 11) is 1.61. The van der Waals surface area contributed by atoms with Gasteiger partial charge < -0.3 is 15.3 Å². The van der Waals surface area contributed by atoms with E-state index in [0.717, 1.165) is 0 Å². The van der Waals surface area contributed by atoms with Crippen LogP contribution in [0.2, 0.25) is 0 Å². The van der Waals surface area contributed by atoms with Crippen molar-refractivity contribution in [3.63, 3.8) is 0 Å². The molecule has 1 heterocycles. The highest BCUT2D eigenvalue weighted by molar-refractivity contribution is 5.75. The summed E-state index contributed by atoms with van der Waals surface area (Å²) in [5.74, 6) is 0.296. The molecule has 0 fully saturated rings. The first-order chi connectivity index (χ1) is 9.29. The average Bonchev–Trinajstić information content (AvgIpc) is 2.72. The molecule has 1 unspecified atom stereocenters. The zero-order chi connectivity index (χ0) is 15.3. The number of aromatic amines is 1. The quantitative estimate of drug-likeness (QED) is 0.713. The number of hydrogen-bond acceptors (Lipinski definition) is 4. The van der Waals surface area contributed by atoms with Gasteiger partial charge in [-0.1, -0.05) is 13.8 Å². The zero-order valence-electron chi connectivity index (χ0n) is 12.2. The van der Waals surface area contributed by atoms with E-state index in [0.29, 0.717) is 11.6 Å². The molecule has 3 N–H and O–H groups in total. The molecule has 0 aliphatic carbocycles. The second-order valence-corrected chi connectivity index (χ2v) is 5.09. The molecule has 0 aliphatic rings. The van der Waals surface area contributed by atoms with Crippen molar-refractivity contribution in [3.8, 4) is 0 Å². The average molecular weight is 283 g/mol. The monoisotopic (exact) mass is 283 g/mol. The molecular weight excluding hydrogens is 262 g/mol. The van der Waals surface area contributed by atoms with Gasteiger partial charge >= 0.3 is 12.0 Å². The summed E-state index contributed by atoms with van der Waals surface area (Å²) in [6.45, 7) is 5.77. The molecule has 0 aromatic carbocycles. The zero-order valence-corrected chi connectivity index (χ0v) is 12.2. The predicted octanol–water partition coefficient (Wildman–Crippen LogP) is 0.754. The minimum Gasteiger partial charge on any atom is -0.481 e. The first kappa shape index (κ1) is 15.9. The SMILES string of the molecule is Cc1nc(CN(C)C(=O)NC(CC(=O)O)C(C)C)n[nH]1. The van der Waals surface area contributed by atoms with Gasteiger partial charge in [0.1, 0.15) is 5.82 Å². The number of amides is 2. The molecule has 0 bridgehead atoms. The van der Waals surface area contributed by atoms with Crippen LogP contribution in [0.1, 0.15) is 31.9 Å². The van der Waals surface area contributed by atoms with Crippen LogP contribution in [-0.4, -0.2) is 50.3 Å².